The first kappa shape index (κ1) is 13.3. The molecule has 0 spiro atoms. The van der Waals surface area contributed by atoms with Crippen molar-refractivity contribution in [3.63, 3.8) is 0 Å². The topological polar surface area (TPSA) is 52.9 Å². The first-order chi connectivity index (χ1) is 8.61. The quantitative estimate of drug-likeness (QED) is 0.851. The Morgan fingerprint density at radius 1 is 1.39 bits per heavy atom. The highest BCUT2D eigenvalue weighted by atomic mass is 16.5. The van der Waals surface area contributed by atoms with Gasteiger partial charge in [-0.1, -0.05) is 12.1 Å². The van der Waals surface area contributed by atoms with Gasteiger partial charge >= 0.3 is 0 Å². The van der Waals surface area contributed by atoms with Crippen LogP contribution in [0.3, 0.4) is 0 Å². The number of nitrogens with zero attached hydrogens (tertiary/aromatic N) is 1. The summed E-state index contributed by atoms with van der Waals surface area (Å²) in [6.45, 7) is 5.24. The highest BCUT2D eigenvalue weighted by molar-refractivity contribution is 5.49. The van der Waals surface area contributed by atoms with Crippen LogP contribution >= 0.6 is 0 Å². The summed E-state index contributed by atoms with van der Waals surface area (Å²) in [4.78, 5) is 2.23. The summed E-state index contributed by atoms with van der Waals surface area (Å²) in [6.07, 6.45) is -0.552. The third-order valence-corrected chi connectivity index (χ3v) is 3.42. The minimum absolute atomic E-state index is 0.0506. The molecule has 0 aliphatic carbocycles. The Kier molecular flexibility index (Phi) is 4.22. The van der Waals surface area contributed by atoms with Crippen molar-refractivity contribution in [2.75, 3.05) is 24.7 Å². The molecule has 4 heteroatoms. The molecule has 3 atom stereocenters. The normalized spacial score (nSPS) is 26.1. The van der Waals surface area contributed by atoms with Gasteiger partial charge in [0.2, 0.25) is 0 Å². The molecule has 0 amide bonds. The van der Waals surface area contributed by atoms with Crippen molar-refractivity contribution in [1.82, 2.24) is 0 Å². The van der Waals surface area contributed by atoms with Crippen molar-refractivity contribution in [1.29, 1.82) is 0 Å². The fraction of sp³-hybridized carbons (Fsp3) is 0.571. The number of morpholine rings is 1. The molecule has 1 aliphatic rings. The number of ether oxygens (including phenoxy) is 1. The smallest absolute Gasteiger partial charge is 0.0981 e. The molecule has 2 N–H and O–H groups in total. The summed E-state index contributed by atoms with van der Waals surface area (Å²) in [5.41, 5.74) is 2.02. The van der Waals surface area contributed by atoms with Crippen LogP contribution in [-0.4, -0.2) is 42.1 Å². The van der Waals surface area contributed by atoms with Crippen LogP contribution < -0.4 is 4.90 Å². The van der Waals surface area contributed by atoms with Gasteiger partial charge < -0.3 is 19.8 Å². The SMILES string of the molecule is CC1COC(CO)CN1c1ccc([C@H](C)O)cc1. The lowest BCUT2D eigenvalue weighted by molar-refractivity contribution is -0.0103. The van der Waals surface area contributed by atoms with Crippen molar-refractivity contribution in [2.24, 2.45) is 0 Å². The number of hydrogen-bond acceptors (Lipinski definition) is 4. The summed E-state index contributed by atoms with van der Waals surface area (Å²) < 4.78 is 5.52. The fourth-order valence-electron chi connectivity index (χ4n) is 2.23. The number of benzene rings is 1. The third-order valence-electron chi connectivity index (χ3n) is 3.42. The fourth-order valence-corrected chi connectivity index (χ4v) is 2.23. The zero-order valence-corrected chi connectivity index (χ0v) is 10.9. The number of hydrogen-bond donors (Lipinski definition) is 2. The van der Waals surface area contributed by atoms with Crippen molar-refractivity contribution < 1.29 is 14.9 Å². The van der Waals surface area contributed by atoms with Crippen LogP contribution in [0.4, 0.5) is 5.69 Å². The summed E-state index contributed by atoms with van der Waals surface area (Å²) in [5, 5.41) is 18.7. The van der Waals surface area contributed by atoms with Crippen LogP contribution in [0.15, 0.2) is 24.3 Å². The van der Waals surface area contributed by atoms with Gasteiger partial charge in [0.05, 0.1) is 25.4 Å². The summed E-state index contributed by atoms with van der Waals surface area (Å²) in [7, 11) is 0. The molecule has 1 saturated heterocycles. The first-order valence-corrected chi connectivity index (χ1v) is 6.39. The molecule has 4 nitrogen and oxygen atoms in total. The van der Waals surface area contributed by atoms with Crippen molar-refractivity contribution in [3.05, 3.63) is 29.8 Å². The Morgan fingerprint density at radius 3 is 2.61 bits per heavy atom. The van der Waals surface area contributed by atoms with Crippen LogP contribution in [0.2, 0.25) is 0 Å². The molecular weight excluding hydrogens is 230 g/mol. The Labute approximate surface area is 108 Å². The van der Waals surface area contributed by atoms with Crippen LogP contribution in [0.1, 0.15) is 25.5 Å². The van der Waals surface area contributed by atoms with E-state index in [1.807, 2.05) is 24.3 Å². The van der Waals surface area contributed by atoms with Gasteiger partial charge in [-0.3, -0.25) is 0 Å². The molecule has 0 aromatic heterocycles. The van der Waals surface area contributed by atoms with E-state index in [2.05, 4.69) is 11.8 Å². The number of anilines is 1. The molecule has 1 aromatic carbocycles. The van der Waals surface area contributed by atoms with Gasteiger partial charge in [-0.05, 0) is 31.5 Å². The zero-order chi connectivity index (χ0) is 13.1. The van der Waals surface area contributed by atoms with E-state index in [4.69, 9.17) is 4.74 Å². The van der Waals surface area contributed by atoms with Crippen LogP contribution in [-0.2, 0) is 4.74 Å². The van der Waals surface area contributed by atoms with E-state index >= 15 is 0 Å². The molecule has 18 heavy (non-hydrogen) atoms. The van der Waals surface area contributed by atoms with Gasteiger partial charge in [0.15, 0.2) is 0 Å². The largest absolute Gasteiger partial charge is 0.394 e. The summed E-state index contributed by atoms with van der Waals surface area (Å²) in [6, 6.07) is 8.20. The minimum Gasteiger partial charge on any atom is -0.394 e. The lowest BCUT2D eigenvalue weighted by Crippen LogP contribution is -2.49. The molecule has 1 aliphatic heterocycles. The molecule has 100 valence electrons. The molecule has 1 aromatic rings. The second-order valence-corrected chi connectivity index (χ2v) is 4.91. The van der Waals surface area contributed by atoms with E-state index in [-0.39, 0.29) is 12.7 Å². The van der Waals surface area contributed by atoms with Gasteiger partial charge in [-0.25, -0.2) is 0 Å². The zero-order valence-electron chi connectivity index (χ0n) is 10.9. The van der Waals surface area contributed by atoms with E-state index in [0.717, 1.165) is 11.3 Å². The molecular formula is C14H21NO3. The highest BCUT2D eigenvalue weighted by Crippen LogP contribution is 2.23. The van der Waals surface area contributed by atoms with E-state index in [0.29, 0.717) is 19.2 Å². The molecule has 1 heterocycles. The lowest BCUT2D eigenvalue weighted by atomic mass is 10.1. The van der Waals surface area contributed by atoms with E-state index in [1.54, 1.807) is 6.92 Å². The lowest BCUT2D eigenvalue weighted by Gasteiger charge is -2.39. The van der Waals surface area contributed by atoms with Gasteiger partial charge in [-0.15, -0.1) is 0 Å². The summed E-state index contributed by atoms with van der Waals surface area (Å²) >= 11 is 0. The third kappa shape index (κ3) is 2.83. The Hall–Kier alpha value is -1.10. The van der Waals surface area contributed by atoms with Gasteiger partial charge in [0.1, 0.15) is 0 Å². The maximum atomic E-state index is 9.49. The maximum Gasteiger partial charge on any atom is 0.0981 e. The minimum atomic E-state index is -0.439. The monoisotopic (exact) mass is 251 g/mol. The molecule has 0 bridgehead atoms. The van der Waals surface area contributed by atoms with Crippen LogP contribution in [0.5, 0.6) is 0 Å². The van der Waals surface area contributed by atoms with Crippen LogP contribution in [0, 0.1) is 0 Å². The van der Waals surface area contributed by atoms with E-state index in [9.17, 15) is 10.2 Å². The Bertz CT molecular complexity index is 377. The van der Waals surface area contributed by atoms with Gasteiger partial charge in [0, 0.05) is 18.3 Å². The molecule has 1 fully saturated rings. The number of rotatable bonds is 3. The number of aliphatic hydroxyl groups excluding tert-OH is 2. The Morgan fingerprint density at radius 2 is 2.06 bits per heavy atom. The van der Waals surface area contributed by atoms with Crippen molar-refractivity contribution in [3.8, 4) is 0 Å². The predicted octanol–water partition coefficient (Wildman–Crippen LogP) is 1.33. The van der Waals surface area contributed by atoms with Crippen molar-refractivity contribution in [2.45, 2.75) is 32.1 Å². The average Bonchev–Trinajstić information content (AvgIpc) is 2.39. The molecule has 0 saturated carbocycles. The Balaban J connectivity index is 2.13. The van der Waals surface area contributed by atoms with E-state index < -0.39 is 6.10 Å². The molecule has 2 rings (SSSR count). The summed E-state index contributed by atoms with van der Waals surface area (Å²) in [5.74, 6) is 0. The van der Waals surface area contributed by atoms with Gasteiger partial charge in [-0.2, -0.15) is 0 Å². The molecule has 0 radical (unpaired) electrons. The molecule has 2 unspecified atom stereocenters. The first-order valence-electron chi connectivity index (χ1n) is 6.39. The number of aliphatic hydroxyl groups is 2. The predicted molar refractivity (Wildman–Crippen MR) is 70.7 cm³/mol. The highest BCUT2D eigenvalue weighted by Gasteiger charge is 2.25. The van der Waals surface area contributed by atoms with E-state index in [1.165, 1.54) is 0 Å². The van der Waals surface area contributed by atoms with Crippen LogP contribution in [0.25, 0.3) is 0 Å². The average molecular weight is 251 g/mol. The van der Waals surface area contributed by atoms with Crippen molar-refractivity contribution >= 4 is 5.69 Å². The standard InChI is InChI=1S/C14H21NO3/c1-10-9-18-14(8-16)7-15(10)13-5-3-12(4-6-13)11(2)17/h3-6,10-11,14,16-17H,7-9H2,1-2H3/t10?,11-,14?/m0/s1. The second kappa shape index (κ2) is 5.69. The van der Waals surface area contributed by atoms with Gasteiger partial charge in [0.25, 0.3) is 0 Å². The second-order valence-electron chi connectivity index (χ2n) is 4.91. The maximum absolute atomic E-state index is 9.49.